The van der Waals surface area contributed by atoms with E-state index in [0.717, 1.165) is 17.5 Å². The molecule has 86 valence electrons. The maximum Gasteiger partial charge on any atom is 0.405 e. The van der Waals surface area contributed by atoms with Gasteiger partial charge in [0.1, 0.15) is 0 Å². The minimum Gasteiger partial charge on any atom is -0.465 e. The number of benzene rings is 1. The fourth-order valence-electron chi connectivity index (χ4n) is 2.12. The zero-order chi connectivity index (χ0) is 11.5. The summed E-state index contributed by atoms with van der Waals surface area (Å²) in [4.78, 5) is 10.8. The molecule has 1 aromatic carbocycles. The lowest BCUT2D eigenvalue weighted by atomic mass is 9.93. The summed E-state index contributed by atoms with van der Waals surface area (Å²) in [6, 6.07) is 7.53. The molecule has 1 amide bonds. The lowest BCUT2D eigenvalue weighted by molar-refractivity contribution is -0.00174. The van der Waals surface area contributed by atoms with Crippen LogP contribution in [0.3, 0.4) is 0 Å². The lowest BCUT2D eigenvalue weighted by Crippen LogP contribution is -2.39. The topological polar surface area (TPSA) is 58.6 Å². The maximum absolute atomic E-state index is 10.8. The van der Waals surface area contributed by atoms with Crippen molar-refractivity contribution in [2.75, 3.05) is 0 Å². The van der Waals surface area contributed by atoms with Crippen LogP contribution in [0, 0.1) is 0 Å². The predicted molar refractivity (Wildman–Crippen MR) is 59.2 cm³/mol. The molecule has 0 radical (unpaired) electrons. The second-order valence-electron chi connectivity index (χ2n) is 3.88. The number of hydrogen-bond donors (Lipinski definition) is 2. The fraction of sp³-hybridized carbons (Fsp3) is 0.417. The van der Waals surface area contributed by atoms with Gasteiger partial charge in [0.25, 0.3) is 0 Å². The normalized spacial score (nSPS) is 23.6. The van der Waals surface area contributed by atoms with E-state index in [1.54, 1.807) is 0 Å². The van der Waals surface area contributed by atoms with Crippen LogP contribution < -0.4 is 5.32 Å². The van der Waals surface area contributed by atoms with Gasteiger partial charge in [-0.1, -0.05) is 31.2 Å². The Kier molecular flexibility index (Phi) is 3.10. The molecule has 0 saturated carbocycles. The van der Waals surface area contributed by atoms with Crippen molar-refractivity contribution < 1.29 is 14.6 Å². The molecule has 4 heteroatoms. The molecule has 1 aliphatic heterocycles. The number of ether oxygens (including phenoxy) is 1. The molecule has 0 bridgehead atoms. The van der Waals surface area contributed by atoms with Gasteiger partial charge in [-0.3, -0.25) is 0 Å². The van der Waals surface area contributed by atoms with E-state index in [4.69, 9.17) is 9.84 Å². The molecule has 16 heavy (non-hydrogen) atoms. The van der Waals surface area contributed by atoms with Crippen LogP contribution in [0.25, 0.3) is 0 Å². The summed E-state index contributed by atoms with van der Waals surface area (Å²) in [5.41, 5.74) is 2.09. The molecule has 4 nitrogen and oxygen atoms in total. The van der Waals surface area contributed by atoms with Crippen molar-refractivity contribution in [1.82, 2.24) is 5.32 Å². The average molecular weight is 221 g/mol. The predicted octanol–water partition coefficient (Wildman–Crippen LogP) is 2.30. The smallest absolute Gasteiger partial charge is 0.405 e. The Bertz CT molecular complexity index is 392. The van der Waals surface area contributed by atoms with Crippen LogP contribution in [0.5, 0.6) is 0 Å². The van der Waals surface area contributed by atoms with Crippen LogP contribution in [0.4, 0.5) is 4.79 Å². The molecule has 2 rings (SSSR count). The second-order valence-corrected chi connectivity index (χ2v) is 3.88. The molecule has 0 saturated heterocycles. The summed E-state index contributed by atoms with van der Waals surface area (Å²) >= 11 is 0. The summed E-state index contributed by atoms with van der Waals surface area (Å²) < 4.78 is 5.64. The Morgan fingerprint density at radius 3 is 3.00 bits per heavy atom. The van der Waals surface area contributed by atoms with E-state index in [9.17, 15) is 4.79 Å². The van der Waals surface area contributed by atoms with Crippen LogP contribution in [-0.2, 0) is 11.3 Å². The van der Waals surface area contributed by atoms with Crippen LogP contribution in [0.15, 0.2) is 24.3 Å². The summed E-state index contributed by atoms with van der Waals surface area (Å²) in [5.74, 6) is 0. The number of nitrogens with one attached hydrogen (secondary N) is 1. The first kappa shape index (κ1) is 11.0. The zero-order valence-corrected chi connectivity index (χ0v) is 9.14. The number of carbonyl (C=O) groups is 1. The largest absolute Gasteiger partial charge is 0.465 e. The van der Waals surface area contributed by atoms with E-state index < -0.39 is 6.09 Å². The molecule has 2 N–H and O–H groups in total. The van der Waals surface area contributed by atoms with E-state index in [2.05, 4.69) is 5.32 Å². The molecule has 0 spiro atoms. The quantitative estimate of drug-likeness (QED) is 0.805. The van der Waals surface area contributed by atoms with Crippen molar-refractivity contribution in [2.45, 2.75) is 32.1 Å². The monoisotopic (exact) mass is 221 g/mol. The van der Waals surface area contributed by atoms with Crippen molar-refractivity contribution in [2.24, 2.45) is 0 Å². The zero-order valence-electron chi connectivity index (χ0n) is 9.14. The Balaban J connectivity index is 2.32. The number of hydrogen-bond acceptors (Lipinski definition) is 2. The van der Waals surface area contributed by atoms with Gasteiger partial charge in [-0.05, 0) is 17.5 Å². The van der Waals surface area contributed by atoms with Gasteiger partial charge in [0.2, 0.25) is 0 Å². The third-order valence-corrected chi connectivity index (χ3v) is 2.90. The van der Waals surface area contributed by atoms with Gasteiger partial charge in [0.05, 0.1) is 18.8 Å². The highest BCUT2D eigenvalue weighted by Gasteiger charge is 2.30. The van der Waals surface area contributed by atoms with Gasteiger partial charge in [-0.25, -0.2) is 4.79 Å². The van der Waals surface area contributed by atoms with E-state index >= 15 is 0 Å². The van der Waals surface area contributed by atoms with Gasteiger partial charge < -0.3 is 15.2 Å². The van der Waals surface area contributed by atoms with Crippen molar-refractivity contribution >= 4 is 6.09 Å². The molecule has 1 heterocycles. The Morgan fingerprint density at radius 1 is 1.56 bits per heavy atom. The Hall–Kier alpha value is -1.55. The SMILES string of the molecule is CC[C@H]1OCc2ccccc2[C@H]1NC(=O)O. The first-order valence-corrected chi connectivity index (χ1v) is 5.41. The molecule has 0 fully saturated rings. The summed E-state index contributed by atoms with van der Waals surface area (Å²) in [7, 11) is 0. The van der Waals surface area contributed by atoms with Crippen molar-refractivity contribution in [3.8, 4) is 0 Å². The first-order chi connectivity index (χ1) is 7.72. The summed E-state index contributed by atoms with van der Waals surface area (Å²) in [5, 5.41) is 11.4. The van der Waals surface area contributed by atoms with Crippen LogP contribution in [-0.4, -0.2) is 17.3 Å². The third-order valence-electron chi connectivity index (χ3n) is 2.90. The molecular weight excluding hydrogens is 206 g/mol. The minimum absolute atomic E-state index is 0.0778. The van der Waals surface area contributed by atoms with E-state index in [1.165, 1.54) is 0 Å². The van der Waals surface area contributed by atoms with Crippen LogP contribution >= 0.6 is 0 Å². The highest BCUT2D eigenvalue weighted by atomic mass is 16.5. The van der Waals surface area contributed by atoms with E-state index in [-0.39, 0.29) is 12.1 Å². The highest BCUT2D eigenvalue weighted by molar-refractivity contribution is 5.65. The third kappa shape index (κ3) is 2.02. The summed E-state index contributed by atoms with van der Waals surface area (Å²) in [6.07, 6.45) is -0.297. The molecule has 0 unspecified atom stereocenters. The number of fused-ring (bicyclic) bond motifs is 1. The molecule has 1 aliphatic rings. The van der Waals surface area contributed by atoms with E-state index in [1.807, 2.05) is 31.2 Å². The Labute approximate surface area is 94.2 Å². The molecule has 0 aromatic heterocycles. The van der Waals surface area contributed by atoms with Gasteiger partial charge in [0, 0.05) is 0 Å². The van der Waals surface area contributed by atoms with Gasteiger partial charge in [-0.2, -0.15) is 0 Å². The summed E-state index contributed by atoms with van der Waals surface area (Å²) in [6.45, 7) is 2.56. The fourth-order valence-corrected chi connectivity index (χ4v) is 2.12. The van der Waals surface area contributed by atoms with Gasteiger partial charge in [0.15, 0.2) is 0 Å². The second kappa shape index (κ2) is 4.53. The van der Waals surface area contributed by atoms with Gasteiger partial charge >= 0.3 is 6.09 Å². The molecule has 1 aromatic rings. The minimum atomic E-state index is -1.01. The van der Waals surface area contributed by atoms with Crippen LogP contribution in [0.1, 0.15) is 30.5 Å². The van der Waals surface area contributed by atoms with Gasteiger partial charge in [-0.15, -0.1) is 0 Å². The number of amides is 1. The standard InChI is InChI=1S/C12H15NO3/c1-2-10-11(13-12(14)15)9-6-4-3-5-8(9)7-16-10/h3-6,10-11,13H,2,7H2,1H3,(H,14,15)/t10-,11-/m1/s1. The lowest BCUT2D eigenvalue weighted by Gasteiger charge is -2.32. The van der Waals surface area contributed by atoms with Crippen LogP contribution in [0.2, 0.25) is 0 Å². The molecular formula is C12H15NO3. The average Bonchev–Trinajstić information content (AvgIpc) is 2.29. The van der Waals surface area contributed by atoms with Crippen molar-refractivity contribution in [1.29, 1.82) is 0 Å². The first-order valence-electron chi connectivity index (χ1n) is 5.41. The molecule has 0 aliphatic carbocycles. The Morgan fingerprint density at radius 2 is 2.31 bits per heavy atom. The highest BCUT2D eigenvalue weighted by Crippen LogP contribution is 2.30. The van der Waals surface area contributed by atoms with Crippen molar-refractivity contribution in [3.63, 3.8) is 0 Å². The van der Waals surface area contributed by atoms with E-state index in [0.29, 0.717) is 6.61 Å². The van der Waals surface area contributed by atoms with Crippen molar-refractivity contribution in [3.05, 3.63) is 35.4 Å². The molecule has 2 atom stereocenters. The number of carboxylic acid groups (broad SMARTS) is 1. The maximum atomic E-state index is 10.8. The number of rotatable bonds is 2.